The Morgan fingerprint density at radius 2 is 2.25 bits per heavy atom. The number of ether oxygens (including phenoxy) is 1. The van der Waals surface area contributed by atoms with E-state index >= 15 is 0 Å². The molecule has 0 spiro atoms. The first kappa shape index (κ1) is 12.9. The summed E-state index contributed by atoms with van der Waals surface area (Å²) in [6.07, 6.45) is 0. The molecule has 0 aliphatic rings. The average Bonchev–Trinajstić information content (AvgIpc) is 2.64. The van der Waals surface area contributed by atoms with Crippen LogP contribution in [0.2, 0.25) is 0 Å². The number of nitrogens with zero attached hydrogens (tertiary/aromatic N) is 1. The van der Waals surface area contributed by atoms with Crippen molar-refractivity contribution >= 4 is 27.3 Å². The molecule has 16 heavy (non-hydrogen) atoms. The summed E-state index contributed by atoms with van der Waals surface area (Å²) in [7, 11) is -1.22. The van der Waals surface area contributed by atoms with E-state index in [1.807, 2.05) is 0 Å². The third-order valence-electron chi connectivity index (χ3n) is 1.82. The van der Waals surface area contributed by atoms with Gasteiger partial charge in [0.2, 0.25) is 0 Å². The van der Waals surface area contributed by atoms with Crippen LogP contribution in [0.3, 0.4) is 0 Å². The van der Waals surface area contributed by atoms with Crippen molar-refractivity contribution in [1.29, 1.82) is 0 Å². The molecule has 0 fully saturated rings. The average molecular weight is 265 g/mol. The minimum Gasteiger partial charge on any atom is -0.494 e. The van der Waals surface area contributed by atoms with Crippen LogP contribution in [0.4, 0.5) is 0 Å². The van der Waals surface area contributed by atoms with Gasteiger partial charge in [0.25, 0.3) is 10.0 Å². The van der Waals surface area contributed by atoms with E-state index in [1.54, 1.807) is 5.38 Å². The number of likely N-dealkylation sites (N-methyl/N-ethyl adjacent to an activating group) is 1. The van der Waals surface area contributed by atoms with Gasteiger partial charge in [0.1, 0.15) is 12.3 Å². The van der Waals surface area contributed by atoms with E-state index in [1.165, 1.54) is 20.2 Å². The van der Waals surface area contributed by atoms with Gasteiger partial charge in [-0.15, -0.1) is 11.3 Å². The van der Waals surface area contributed by atoms with Crippen molar-refractivity contribution in [3.8, 4) is 5.75 Å². The van der Waals surface area contributed by atoms with Gasteiger partial charge >= 0.3 is 5.97 Å². The second-order valence-corrected chi connectivity index (χ2v) is 6.09. The van der Waals surface area contributed by atoms with Gasteiger partial charge in [-0.25, -0.2) is 8.42 Å². The fourth-order valence-electron chi connectivity index (χ4n) is 1.04. The Bertz CT molecular complexity index is 478. The zero-order chi connectivity index (χ0) is 12.3. The first-order valence-corrected chi connectivity index (χ1v) is 6.51. The molecular formula is C8H11NO5S2. The monoisotopic (exact) mass is 265 g/mol. The smallest absolute Gasteiger partial charge is 0.318 e. The molecule has 0 atom stereocenters. The fraction of sp³-hybridized carbons (Fsp3) is 0.375. The number of aliphatic carboxylic acids is 1. The van der Waals surface area contributed by atoms with Crippen LogP contribution in [-0.2, 0) is 14.8 Å². The Balaban J connectivity index is 3.07. The van der Waals surface area contributed by atoms with Crippen LogP contribution in [0.5, 0.6) is 5.75 Å². The maximum absolute atomic E-state index is 11.9. The molecule has 0 saturated heterocycles. The summed E-state index contributed by atoms with van der Waals surface area (Å²) in [6, 6.07) is 1.52. The van der Waals surface area contributed by atoms with Crippen molar-refractivity contribution in [2.45, 2.75) is 4.21 Å². The summed E-state index contributed by atoms with van der Waals surface area (Å²) in [5.74, 6) is -0.983. The highest BCUT2D eigenvalue weighted by Crippen LogP contribution is 2.31. The van der Waals surface area contributed by atoms with E-state index < -0.39 is 22.5 Å². The molecule has 6 nitrogen and oxygen atoms in total. The van der Waals surface area contributed by atoms with Gasteiger partial charge in [-0.2, -0.15) is 4.31 Å². The van der Waals surface area contributed by atoms with Crippen molar-refractivity contribution < 1.29 is 23.1 Å². The number of sulfonamides is 1. The molecule has 1 rings (SSSR count). The molecule has 1 heterocycles. The Hall–Kier alpha value is -1.12. The molecule has 1 aromatic heterocycles. The Morgan fingerprint density at radius 1 is 1.62 bits per heavy atom. The minimum atomic E-state index is -3.79. The van der Waals surface area contributed by atoms with E-state index in [0.717, 1.165) is 15.6 Å². The quantitative estimate of drug-likeness (QED) is 0.836. The van der Waals surface area contributed by atoms with Gasteiger partial charge in [0, 0.05) is 7.05 Å². The zero-order valence-corrected chi connectivity index (χ0v) is 10.3. The van der Waals surface area contributed by atoms with Crippen molar-refractivity contribution in [1.82, 2.24) is 4.31 Å². The minimum absolute atomic E-state index is 0.0127. The van der Waals surface area contributed by atoms with Crippen molar-refractivity contribution in [2.75, 3.05) is 20.7 Å². The molecule has 90 valence electrons. The maximum atomic E-state index is 11.9. The summed E-state index contributed by atoms with van der Waals surface area (Å²) >= 11 is 0.989. The third-order valence-corrected chi connectivity index (χ3v) is 5.05. The molecule has 0 radical (unpaired) electrons. The molecule has 0 aromatic carbocycles. The molecule has 0 amide bonds. The Morgan fingerprint density at radius 3 is 2.75 bits per heavy atom. The highest BCUT2D eigenvalue weighted by Gasteiger charge is 2.27. The lowest BCUT2D eigenvalue weighted by Crippen LogP contribution is -2.31. The number of thiophene rings is 1. The largest absolute Gasteiger partial charge is 0.494 e. The number of hydrogen-bond donors (Lipinski definition) is 1. The van der Waals surface area contributed by atoms with Gasteiger partial charge in [0.15, 0.2) is 4.21 Å². The predicted octanol–water partition coefficient (Wildman–Crippen LogP) is 0.462. The van der Waals surface area contributed by atoms with Gasteiger partial charge < -0.3 is 9.84 Å². The first-order chi connectivity index (χ1) is 7.39. The predicted molar refractivity (Wildman–Crippen MR) is 58.3 cm³/mol. The van der Waals surface area contributed by atoms with Crippen LogP contribution in [-0.4, -0.2) is 44.5 Å². The number of hydrogen-bond acceptors (Lipinski definition) is 5. The molecular weight excluding hydrogens is 254 g/mol. The van der Waals surface area contributed by atoms with Crippen LogP contribution in [0, 0.1) is 0 Å². The molecule has 0 aliphatic carbocycles. The van der Waals surface area contributed by atoms with Gasteiger partial charge in [-0.05, 0) is 11.4 Å². The maximum Gasteiger partial charge on any atom is 0.318 e. The van der Waals surface area contributed by atoms with E-state index in [4.69, 9.17) is 9.84 Å². The van der Waals surface area contributed by atoms with E-state index in [0.29, 0.717) is 0 Å². The number of rotatable bonds is 5. The lowest BCUT2D eigenvalue weighted by molar-refractivity contribution is -0.137. The van der Waals surface area contributed by atoms with E-state index in [9.17, 15) is 13.2 Å². The van der Waals surface area contributed by atoms with Crippen molar-refractivity contribution in [2.24, 2.45) is 0 Å². The normalized spacial score (nSPS) is 11.7. The van der Waals surface area contributed by atoms with Gasteiger partial charge in [-0.3, -0.25) is 4.79 Å². The standard InChI is InChI=1S/C8H11NO5S2/c1-9(5-7(10)11)16(12,13)8-6(14-2)3-4-15-8/h3-4H,5H2,1-2H3,(H,10,11). The SMILES string of the molecule is COc1ccsc1S(=O)(=O)N(C)CC(=O)O. The summed E-state index contributed by atoms with van der Waals surface area (Å²) in [5, 5.41) is 10.1. The summed E-state index contributed by atoms with van der Waals surface area (Å²) in [6.45, 7) is -0.580. The van der Waals surface area contributed by atoms with Crippen LogP contribution in [0.1, 0.15) is 0 Å². The lowest BCUT2D eigenvalue weighted by atomic mass is 10.6. The second-order valence-electron chi connectivity index (χ2n) is 2.93. The van der Waals surface area contributed by atoms with Crippen molar-refractivity contribution in [3.05, 3.63) is 11.4 Å². The second kappa shape index (κ2) is 4.81. The highest BCUT2D eigenvalue weighted by atomic mass is 32.2. The molecule has 0 aliphatic heterocycles. The number of carboxylic acids is 1. The third kappa shape index (κ3) is 2.52. The fourth-order valence-corrected chi connectivity index (χ4v) is 3.63. The Kier molecular flexibility index (Phi) is 3.89. The van der Waals surface area contributed by atoms with Crippen LogP contribution >= 0.6 is 11.3 Å². The first-order valence-electron chi connectivity index (χ1n) is 4.19. The molecule has 0 bridgehead atoms. The number of methoxy groups -OCH3 is 1. The van der Waals surface area contributed by atoms with Crippen LogP contribution in [0.25, 0.3) is 0 Å². The molecule has 8 heteroatoms. The van der Waals surface area contributed by atoms with E-state index in [-0.39, 0.29) is 9.96 Å². The van der Waals surface area contributed by atoms with Gasteiger partial charge in [0.05, 0.1) is 7.11 Å². The molecule has 1 aromatic rings. The molecule has 1 N–H and O–H groups in total. The van der Waals surface area contributed by atoms with E-state index in [2.05, 4.69) is 0 Å². The van der Waals surface area contributed by atoms with Crippen LogP contribution < -0.4 is 4.74 Å². The number of carbonyl (C=O) groups is 1. The van der Waals surface area contributed by atoms with Gasteiger partial charge in [-0.1, -0.05) is 0 Å². The molecule has 0 unspecified atom stereocenters. The summed E-state index contributed by atoms with van der Waals surface area (Å²) < 4.78 is 29.5. The highest BCUT2D eigenvalue weighted by molar-refractivity contribution is 7.91. The zero-order valence-electron chi connectivity index (χ0n) is 8.71. The van der Waals surface area contributed by atoms with Crippen molar-refractivity contribution in [3.63, 3.8) is 0 Å². The topological polar surface area (TPSA) is 83.9 Å². The summed E-state index contributed by atoms with van der Waals surface area (Å²) in [5.41, 5.74) is 0. The Labute approximate surface area is 97.1 Å². The summed E-state index contributed by atoms with van der Waals surface area (Å²) in [4.78, 5) is 10.4. The van der Waals surface area contributed by atoms with Crippen LogP contribution in [0.15, 0.2) is 15.7 Å². The molecule has 0 saturated carbocycles. The lowest BCUT2D eigenvalue weighted by Gasteiger charge is -2.14. The number of carboxylic acid groups (broad SMARTS) is 1.